The Bertz CT molecular complexity index is 982. The molecule has 2 fully saturated rings. The summed E-state index contributed by atoms with van der Waals surface area (Å²) in [4.78, 5) is 36.2. The SMILES string of the molecule is CO/C(C)=C(/C(F)=C\c1cn(C2CC2)cc(C(=O)O)c1=O)N1CCC(C(O)CN=O)C1. The molecule has 1 aliphatic heterocycles. The first-order valence-electron chi connectivity index (χ1n) is 10.1. The number of carboxylic acid groups (broad SMARTS) is 1. The standard InChI is InChI=1S/C21H26FN3O6/c1-12(31-2)19(24-6-5-13(9-24)18(26)8-23-30)17(22)7-14-10-25(15-3-4-15)11-16(20(14)27)21(28)29/h7,10-11,13,15,18,26H,3-6,8-9H2,1-2H3,(H,28,29)/b17-7+,19-12-. The van der Waals surface area contributed by atoms with E-state index in [9.17, 15) is 24.7 Å². The van der Waals surface area contributed by atoms with E-state index in [-0.39, 0.29) is 42.1 Å². The molecular weight excluding hydrogens is 409 g/mol. The van der Waals surface area contributed by atoms with Crippen LogP contribution in [-0.4, -0.2) is 58.5 Å². The van der Waals surface area contributed by atoms with E-state index in [1.807, 2.05) is 0 Å². The quantitative estimate of drug-likeness (QED) is 0.347. The third-order valence-corrected chi connectivity index (χ3v) is 5.77. The van der Waals surface area contributed by atoms with E-state index in [0.29, 0.717) is 13.0 Å². The zero-order chi connectivity index (χ0) is 22.7. The van der Waals surface area contributed by atoms with Gasteiger partial charge in [0.05, 0.1) is 13.2 Å². The normalized spacial score (nSPS) is 21.0. The molecule has 1 aromatic rings. The number of hydrogen-bond acceptors (Lipinski definition) is 7. The Morgan fingerprint density at radius 1 is 1.39 bits per heavy atom. The van der Waals surface area contributed by atoms with Gasteiger partial charge in [0.15, 0.2) is 5.83 Å². The molecular formula is C21H26FN3O6. The lowest BCUT2D eigenvalue weighted by Crippen LogP contribution is -2.28. The molecule has 31 heavy (non-hydrogen) atoms. The second-order valence-corrected chi connectivity index (χ2v) is 7.91. The van der Waals surface area contributed by atoms with Crippen LogP contribution in [0.25, 0.3) is 6.08 Å². The molecule has 3 rings (SSSR count). The number of aromatic nitrogens is 1. The molecule has 2 aliphatic rings. The number of carboxylic acids is 1. The number of hydrogen-bond donors (Lipinski definition) is 2. The molecule has 1 aromatic heterocycles. The lowest BCUT2D eigenvalue weighted by Gasteiger charge is -2.24. The molecule has 168 valence electrons. The average Bonchev–Trinajstić information content (AvgIpc) is 3.47. The van der Waals surface area contributed by atoms with Crippen LogP contribution in [0.15, 0.2) is 39.6 Å². The molecule has 0 aromatic carbocycles. The van der Waals surface area contributed by atoms with E-state index in [0.717, 1.165) is 18.9 Å². The maximum atomic E-state index is 15.4. The Labute approximate surface area is 178 Å². The van der Waals surface area contributed by atoms with Crippen LogP contribution in [0, 0.1) is 10.8 Å². The topological polar surface area (TPSA) is 121 Å². The summed E-state index contributed by atoms with van der Waals surface area (Å²) in [6.45, 7) is 2.05. The highest BCUT2D eigenvalue weighted by Crippen LogP contribution is 2.35. The molecule has 10 heteroatoms. The van der Waals surface area contributed by atoms with Gasteiger partial charge in [-0.1, -0.05) is 5.18 Å². The predicted molar refractivity (Wildman–Crippen MR) is 111 cm³/mol. The fraction of sp³-hybridized carbons (Fsp3) is 0.524. The van der Waals surface area contributed by atoms with Gasteiger partial charge in [0.2, 0.25) is 5.43 Å². The summed E-state index contributed by atoms with van der Waals surface area (Å²) in [7, 11) is 1.40. The zero-order valence-electron chi connectivity index (χ0n) is 17.5. The minimum Gasteiger partial charge on any atom is -0.499 e. The van der Waals surface area contributed by atoms with Gasteiger partial charge in [0.1, 0.15) is 23.6 Å². The van der Waals surface area contributed by atoms with Gasteiger partial charge < -0.3 is 24.4 Å². The zero-order valence-corrected chi connectivity index (χ0v) is 17.5. The maximum absolute atomic E-state index is 15.4. The number of aliphatic hydroxyl groups excluding tert-OH is 1. The highest BCUT2D eigenvalue weighted by Gasteiger charge is 2.32. The monoisotopic (exact) mass is 435 g/mol. The van der Waals surface area contributed by atoms with Gasteiger partial charge in [-0.25, -0.2) is 9.18 Å². The number of aromatic carboxylic acids is 1. The van der Waals surface area contributed by atoms with Crippen LogP contribution in [0.2, 0.25) is 0 Å². The summed E-state index contributed by atoms with van der Waals surface area (Å²) in [5.74, 6) is -2.09. The van der Waals surface area contributed by atoms with E-state index in [1.165, 1.54) is 19.5 Å². The number of ether oxygens (including phenoxy) is 1. The van der Waals surface area contributed by atoms with Crippen molar-refractivity contribution in [2.24, 2.45) is 11.1 Å². The molecule has 0 radical (unpaired) electrons. The van der Waals surface area contributed by atoms with Gasteiger partial charge in [0, 0.05) is 43.0 Å². The van der Waals surface area contributed by atoms with Crippen molar-refractivity contribution in [3.8, 4) is 0 Å². The summed E-state index contributed by atoms with van der Waals surface area (Å²) in [6.07, 6.45) is 5.15. The Balaban J connectivity index is 1.97. The molecule has 1 aliphatic carbocycles. The molecule has 2 unspecified atom stereocenters. The van der Waals surface area contributed by atoms with Gasteiger partial charge in [-0.2, -0.15) is 4.91 Å². The van der Waals surface area contributed by atoms with Crippen LogP contribution in [0.4, 0.5) is 4.39 Å². The van der Waals surface area contributed by atoms with E-state index in [1.54, 1.807) is 16.4 Å². The number of aliphatic hydroxyl groups is 1. The van der Waals surface area contributed by atoms with Gasteiger partial charge in [-0.05, 0) is 32.3 Å². The predicted octanol–water partition coefficient (Wildman–Crippen LogP) is 2.52. The number of carbonyl (C=O) groups is 1. The lowest BCUT2D eigenvalue weighted by molar-refractivity contribution is 0.0694. The molecule has 1 saturated heterocycles. The van der Waals surface area contributed by atoms with Crippen molar-refractivity contribution in [1.82, 2.24) is 9.47 Å². The largest absolute Gasteiger partial charge is 0.499 e. The molecule has 2 heterocycles. The Morgan fingerprint density at radius 2 is 2.10 bits per heavy atom. The number of likely N-dealkylation sites (tertiary alicyclic amines) is 1. The first kappa shape index (κ1) is 22.7. The number of methoxy groups -OCH3 is 1. The summed E-state index contributed by atoms with van der Waals surface area (Å²) in [5, 5.41) is 22.1. The van der Waals surface area contributed by atoms with Crippen LogP contribution < -0.4 is 5.43 Å². The van der Waals surface area contributed by atoms with Gasteiger partial charge in [-0.3, -0.25) is 4.79 Å². The van der Waals surface area contributed by atoms with E-state index >= 15 is 4.39 Å². The molecule has 9 nitrogen and oxygen atoms in total. The lowest BCUT2D eigenvalue weighted by atomic mass is 10.0. The van der Waals surface area contributed by atoms with Gasteiger partial charge >= 0.3 is 5.97 Å². The van der Waals surface area contributed by atoms with Crippen molar-refractivity contribution in [3.05, 3.63) is 55.9 Å². The molecule has 0 spiro atoms. The van der Waals surface area contributed by atoms with Crippen molar-refractivity contribution in [2.45, 2.75) is 38.3 Å². The van der Waals surface area contributed by atoms with Crippen molar-refractivity contribution in [1.29, 1.82) is 0 Å². The highest BCUT2D eigenvalue weighted by molar-refractivity contribution is 5.88. The molecule has 0 amide bonds. The molecule has 2 N–H and O–H groups in total. The third kappa shape index (κ3) is 5.01. The Hall–Kier alpha value is -3.01. The smallest absolute Gasteiger partial charge is 0.341 e. The summed E-state index contributed by atoms with van der Waals surface area (Å²) in [5.41, 5.74) is -1.12. The summed E-state index contributed by atoms with van der Waals surface area (Å²) < 4.78 is 22.3. The van der Waals surface area contributed by atoms with Crippen LogP contribution in [0.5, 0.6) is 0 Å². The Morgan fingerprint density at radius 3 is 2.68 bits per heavy atom. The van der Waals surface area contributed by atoms with Crippen LogP contribution in [0.1, 0.15) is 48.1 Å². The van der Waals surface area contributed by atoms with E-state index in [4.69, 9.17) is 4.74 Å². The summed E-state index contributed by atoms with van der Waals surface area (Å²) in [6, 6.07) is 0.108. The highest BCUT2D eigenvalue weighted by atomic mass is 19.1. The third-order valence-electron chi connectivity index (χ3n) is 5.77. The van der Waals surface area contributed by atoms with Crippen LogP contribution >= 0.6 is 0 Å². The maximum Gasteiger partial charge on any atom is 0.341 e. The fourth-order valence-electron chi connectivity index (χ4n) is 3.83. The first-order chi connectivity index (χ1) is 14.8. The van der Waals surface area contributed by atoms with Gasteiger partial charge in [0.25, 0.3) is 0 Å². The van der Waals surface area contributed by atoms with Crippen molar-refractivity contribution in [3.63, 3.8) is 0 Å². The van der Waals surface area contributed by atoms with E-state index in [2.05, 4.69) is 5.18 Å². The first-order valence-corrected chi connectivity index (χ1v) is 10.1. The minimum atomic E-state index is -1.36. The molecule has 2 atom stereocenters. The van der Waals surface area contributed by atoms with E-state index < -0.39 is 28.9 Å². The molecule has 1 saturated carbocycles. The second-order valence-electron chi connectivity index (χ2n) is 7.91. The number of pyridine rings is 1. The van der Waals surface area contributed by atoms with Crippen molar-refractivity contribution < 1.29 is 24.1 Å². The van der Waals surface area contributed by atoms with Crippen molar-refractivity contribution in [2.75, 3.05) is 26.7 Å². The number of rotatable bonds is 9. The number of halogens is 1. The van der Waals surface area contributed by atoms with Gasteiger partial charge in [-0.15, -0.1) is 0 Å². The second kappa shape index (κ2) is 9.42. The number of allylic oxidation sites excluding steroid dienone is 2. The minimum absolute atomic E-state index is 0.0633. The van der Waals surface area contributed by atoms with Crippen LogP contribution in [-0.2, 0) is 4.74 Å². The van der Waals surface area contributed by atoms with Crippen molar-refractivity contribution >= 4 is 12.0 Å². The fourth-order valence-corrected chi connectivity index (χ4v) is 3.83. The summed E-state index contributed by atoms with van der Waals surface area (Å²) >= 11 is 0. The van der Waals surface area contributed by atoms with Crippen LogP contribution in [0.3, 0.4) is 0 Å². The number of nitroso groups, excluding NO2 is 1. The average molecular weight is 435 g/mol. The Kier molecular flexibility index (Phi) is 6.89. The number of nitrogens with zero attached hydrogens (tertiary/aromatic N) is 3. The molecule has 0 bridgehead atoms.